The van der Waals surface area contributed by atoms with E-state index < -0.39 is 0 Å². The van der Waals surface area contributed by atoms with Gasteiger partial charge >= 0.3 is 0 Å². The van der Waals surface area contributed by atoms with E-state index in [0.29, 0.717) is 0 Å². The molecular weight excluding hydrogens is 240 g/mol. The fourth-order valence-electron chi connectivity index (χ4n) is 2.20. The summed E-state index contributed by atoms with van der Waals surface area (Å²) in [7, 11) is 3.31. The molecule has 0 bridgehead atoms. The smallest absolute Gasteiger partial charge is 0.199 e. The molecular formula is C15H14N2O2. The number of fused-ring (bicyclic) bond motifs is 1. The van der Waals surface area contributed by atoms with Gasteiger partial charge in [0.25, 0.3) is 0 Å². The second-order valence-electron chi connectivity index (χ2n) is 4.11. The lowest BCUT2D eigenvalue weighted by atomic mass is 10.2. The molecule has 0 fully saturated rings. The van der Waals surface area contributed by atoms with Crippen LogP contribution in [0.15, 0.2) is 48.7 Å². The van der Waals surface area contributed by atoms with E-state index in [0.717, 1.165) is 28.5 Å². The topological polar surface area (TPSA) is 35.8 Å². The molecule has 0 unspecified atom stereocenters. The van der Waals surface area contributed by atoms with E-state index in [1.165, 1.54) is 0 Å². The minimum Gasteiger partial charge on any atom is -0.496 e. The number of hydrogen-bond acceptors (Lipinski definition) is 3. The molecule has 0 saturated carbocycles. The van der Waals surface area contributed by atoms with Gasteiger partial charge in [-0.15, -0.1) is 0 Å². The standard InChI is InChI=1S/C15H14N2O2/c1-18-13-8-4-3-7-12(13)15-16-10-11-6-5-9-14(19-2)17(11)15/h3-10H,1-2H3. The second kappa shape index (κ2) is 4.65. The van der Waals surface area contributed by atoms with E-state index in [1.54, 1.807) is 14.2 Å². The summed E-state index contributed by atoms with van der Waals surface area (Å²) in [4.78, 5) is 4.49. The van der Waals surface area contributed by atoms with Crippen LogP contribution in [0, 0.1) is 0 Å². The highest BCUT2D eigenvalue weighted by atomic mass is 16.5. The Morgan fingerprint density at radius 1 is 0.947 bits per heavy atom. The number of nitrogens with zero attached hydrogens (tertiary/aromatic N) is 2. The van der Waals surface area contributed by atoms with Gasteiger partial charge < -0.3 is 9.47 Å². The van der Waals surface area contributed by atoms with Crippen molar-refractivity contribution in [1.82, 2.24) is 9.38 Å². The largest absolute Gasteiger partial charge is 0.496 e. The Kier molecular flexibility index (Phi) is 2.83. The third kappa shape index (κ3) is 1.81. The highest BCUT2D eigenvalue weighted by Crippen LogP contribution is 2.31. The zero-order valence-corrected chi connectivity index (χ0v) is 10.8. The first kappa shape index (κ1) is 11.6. The zero-order valence-electron chi connectivity index (χ0n) is 10.8. The first-order valence-electron chi connectivity index (χ1n) is 5.99. The maximum Gasteiger partial charge on any atom is 0.199 e. The lowest BCUT2D eigenvalue weighted by Gasteiger charge is -2.10. The van der Waals surface area contributed by atoms with Crippen LogP contribution in [0.4, 0.5) is 0 Å². The summed E-state index contributed by atoms with van der Waals surface area (Å²) in [6.45, 7) is 0. The molecule has 3 rings (SSSR count). The summed E-state index contributed by atoms with van der Waals surface area (Å²) in [6.07, 6.45) is 1.82. The number of imidazole rings is 1. The first-order chi connectivity index (χ1) is 9.35. The lowest BCUT2D eigenvalue weighted by Crippen LogP contribution is -1.97. The fraction of sp³-hybridized carbons (Fsp3) is 0.133. The van der Waals surface area contributed by atoms with Crippen LogP contribution in [-0.4, -0.2) is 23.6 Å². The molecule has 4 heteroatoms. The van der Waals surface area contributed by atoms with E-state index in [4.69, 9.17) is 9.47 Å². The van der Waals surface area contributed by atoms with Gasteiger partial charge in [-0.05, 0) is 24.3 Å². The number of methoxy groups -OCH3 is 2. The Balaban J connectivity index is 2.31. The molecule has 4 nitrogen and oxygen atoms in total. The number of hydrogen-bond donors (Lipinski definition) is 0. The number of ether oxygens (including phenoxy) is 2. The molecule has 0 atom stereocenters. The van der Waals surface area contributed by atoms with Crippen LogP contribution in [0.25, 0.3) is 16.9 Å². The SMILES string of the molecule is COc1ccccc1-c1ncc2cccc(OC)n12. The molecule has 0 aliphatic carbocycles. The van der Waals surface area contributed by atoms with E-state index in [2.05, 4.69) is 4.98 Å². The van der Waals surface area contributed by atoms with Gasteiger partial charge in [0.2, 0.25) is 0 Å². The zero-order chi connectivity index (χ0) is 13.2. The van der Waals surface area contributed by atoms with E-state index in [-0.39, 0.29) is 0 Å². The monoisotopic (exact) mass is 254 g/mol. The molecule has 0 amide bonds. The van der Waals surface area contributed by atoms with E-state index in [9.17, 15) is 0 Å². The van der Waals surface area contributed by atoms with Crippen molar-refractivity contribution in [3.63, 3.8) is 0 Å². The van der Waals surface area contributed by atoms with Crippen LogP contribution >= 0.6 is 0 Å². The van der Waals surface area contributed by atoms with Gasteiger partial charge in [0.15, 0.2) is 11.7 Å². The number of aromatic nitrogens is 2. The van der Waals surface area contributed by atoms with Crippen LogP contribution in [-0.2, 0) is 0 Å². The third-order valence-electron chi connectivity index (χ3n) is 3.07. The quantitative estimate of drug-likeness (QED) is 0.720. The molecule has 0 N–H and O–H groups in total. The Morgan fingerprint density at radius 3 is 2.58 bits per heavy atom. The normalized spacial score (nSPS) is 10.6. The van der Waals surface area contributed by atoms with Crippen LogP contribution < -0.4 is 9.47 Å². The molecule has 2 heterocycles. The number of benzene rings is 1. The van der Waals surface area contributed by atoms with Gasteiger partial charge in [-0.2, -0.15) is 0 Å². The second-order valence-corrected chi connectivity index (χ2v) is 4.11. The summed E-state index contributed by atoms with van der Waals surface area (Å²) < 4.78 is 12.8. The molecule has 1 aromatic carbocycles. The molecule has 0 aliphatic rings. The van der Waals surface area contributed by atoms with Crippen LogP contribution in [0.5, 0.6) is 11.6 Å². The Bertz CT molecular complexity index is 719. The average Bonchev–Trinajstić information content (AvgIpc) is 2.91. The Hall–Kier alpha value is -2.49. The summed E-state index contributed by atoms with van der Waals surface area (Å²) >= 11 is 0. The maximum atomic E-state index is 5.40. The Morgan fingerprint density at radius 2 is 1.79 bits per heavy atom. The summed E-state index contributed by atoms with van der Waals surface area (Å²) in [5.41, 5.74) is 1.93. The summed E-state index contributed by atoms with van der Waals surface area (Å²) in [5, 5.41) is 0. The third-order valence-corrected chi connectivity index (χ3v) is 3.07. The van der Waals surface area contributed by atoms with Gasteiger partial charge in [-0.1, -0.05) is 18.2 Å². The number of rotatable bonds is 3. The summed E-state index contributed by atoms with van der Waals surface area (Å²) in [5.74, 6) is 2.35. The van der Waals surface area contributed by atoms with Crippen molar-refractivity contribution < 1.29 is 9.47 Å². The minimum absolute atomic E-state index is 0.746. The van der Waals surface area contributed by atoms with Crippen molar-refractivity contribution in [2.45, 2.75) is 0 Å². The van der Waals surface area contributed by atoms with Crippen molar-refractivity contribution in [2.75, 3.05) is 14.2 Å². The summed E-state index contributed by atoms with van der Waals surface area (Å²) in [6, 6.07) is 13.7. The molecule has 0 radical (unpaired) electrons. The van der Waals surface area contributed by atoms with Crippen molar-refractivity contribution in [3.8, 4) is 23.0 Å². The van der Waals surface area contributed by atoms with Gasteiger partial charge in [0.1, 0.15) is 5.75 Å². The number of pyridine rings is 1. The fourth-order valence-corrected chi connectivity index (χ4v) is 2.20. The molecule has 0 aliphatic heterocycles. The van der Waals surface area contributed by atoms with Crippen molar-refractivity contribution in [3.05, 3.63) is 48.7 Å². The molecule has 3 aromatic rings. The van der Waals surface area contributed by atoms with Crippen molar-refractivity contribution in [1.29, 1.82) is 0 Å². The highest BCUT2D eigenvalue weighted by molar-refractivity contribution is 5.69. The van der Waals surface area contributed by atoms with Crippen LogP contribution in [0.3, 0.4) is 0 Å². The lowest BCUT2D eigenvalue weighted by molar-refractivity contribution is 0.392. The van der Waals surface area contributed by atoms with Gasteiger partial charge in [0, 0.05) is 0 Å². The average molecular weight is 254 g/mol. The highest BCUT2D eigenvalue weighted by Gasteiger charge is 2.13. The van der Waals surface area contributed by atoms with Crippen LogP contribution in [0.2, 0.25) is 0 Å². The maximum absolute atomic E-state index is 5.40. The van der Waals surface area contributed by atoms with Crippen molar-refractivity contribution >= 4 is 5.52 Å². The Labute approximate surface area is 111 Å². The van der Waals surface area contributed by atoms with Gasteiger partial charge in [-0.3, -0.25) is 4.40 Å². The molecule has 2 aromatic heterocycles. The van der Waals surface area contributed by atoms with Crippen molar-refractivity contribution in [2.24, 2.45) is 0 Å². The first-order valence-corrected chi connectivity index (χ1v) is 5.99. The van der Waals surface area contributed by atoms with Gasteiger partial charge in [0.05, 0.1) is 31.5 Å². The van der Waals surface area contributed by atoms with Gasteiger partial charge in [-0.25, -0.2) is 4.98 Å². The van der Waals surface area contributed by atoms with E-state index in [1.807, 2.05) is 53.1 Å². The molecule has 0 spiro atoms. The predicted molar refractivity (Wildman–Crippen MR) is 73.7 cm³/mol. The minimum atomic E-state index is 0.746. The molecule has 96 valence electrons. The van der Waals surface area contributed by atoms with E-state index >= 15 is 0 Å². The molecule has 19 heavy (non-hydrogen) atoms. The number of para-hydroxylation sites is 1. The van der Waals surface area contributed by atoms with Crippen LogP contribution in [0.1, 0.15) is 0 Å². The molecule has 0 saturated heterocycles. The predicted octanol–water partition coefficient (Wildman–Crippen LogP) is 3.02.